The molecule has 55 valence electrons. The predicted octanol–water partition coefficient (Wildman–Crippen LogP) is 3.44. The quantitative estimate of drug-likeness (QED) is 0.592. The maximum absolute atomic E-state index is 5.72. The highest BCUT2D eigenvalue weighted by molar-refractivity contribution is 7.16. The van der Waals surface area contributed by atoms with Gasteiger partial charge in [0.25, 0.3) is 0 Å². The first kappa shape index (κ1) is 7.14. The third kappa shape index (κ3) is 1.15. The van der Waals surface area contributed by atoms with E-state index in [1.54, 1.807) is 11.3 Å². The fraction of sp³-hybridized carbons (Fsp3) is 0.111. The second kappa shape index (κ2) is 2.84. The Balaban J connectivity index is 2.76. The molecule has 1 aromatic heterocycles. The van der Waals surface area contributed by atoms with E-state index >= 15 is 0 Å². The Kier molecular flexibility index (Phi) is 1.84. The van der Waals surface area contributed by atoms with Crippen molar-refractivity contribution in [2.75, 3.05) is 0 Å². The van der Waals surface area contributed by atoms with Crippen LogP contribution in [-0.2, 0) is 5.88 Å². The summed E-state index contributed by atoms with van der Waals surface area (Å²) in [5.41, 5.74) is 1.12. The summed E-state index contributed by atoms with van der Waals surface area (Å²) in [6.45, 7) is 0. The van der Waals surface area contributed by atoms with Crippen molar-refractivity contribution in [1.82, 2.24) is 0 Å². The lowest BCUT2D eigenvalue weighted by Gasteiger charge is -1.89. The van der Waals surface area contributed by atoms with Gasteiger partial charge in [-0.3, -0.25) is 0 Å². The molecule has 0 N–H and O–H groups in total. The van der Waals surface area contributed by atoms with E-state index in [0.29, 0.717) is 5.88 Å². The number of halogens is 1. The zero-order chi connectivity index (χ0) is 7.68. The standard InChI is InChI=1S/C9H6ClS/c10-5-7-6-11-9-4-2-1-3-8(7)9/h1-4H,5H2. The molecule has 1 radical (unpaired) electrons. The smallest absolute Gasteiger partial charge is 0.0503 e. The Labute approximate surface area is 74.4 Å². The lowest BCUT2D eigenvalue weighted by atomic mass is 10.2. The second-order valence-corrected chi connectivity index (χ2v) is 3.43. The van der Waals surface area contributed by atoms with Gasteiger partial charge in [0.05, 0.1) is 5.38 Å². The van der Waals surface area contributed by atoms with E-state index < -0.39 is 0 Å². The van der Waals surface area contributed by atoms with Crippen LogP contribution in [0.3, 0.4) is 0 Å². The summed E-state index contributed by atoms with van der Waals surface area (Å²) in [6, 6.07) is 8.23. The van der Waals surface area contributed by atoms with Crippen molar-refractivity contribution in [3.8, 4) is 0 Å². The molecule has 0 aliphatic rings. The number of thiophene rings is 1. The minimum Gasteiger partial charge on any atom is -0.134 e. The average molecular weight is 182 g/mol. The Morgan fingerprint density at radius 1 is 1.36 bits per heavy atom. The van der Waals surface area contributed by atoms with Crippen LogP contribution in [0.15, 0.2) is 24.3 Å². The number of hydrogen-bond acceptors (Lipinski definition) is 1. The fourth-order valence-electron chi connectivity index (χ4n) is 1.08. The third-order valence-corrected chi connectivity index (χ3v) is 2.82. The summed E-state index contributed by atoms with van der Waals surface area (Å²) >= 11 is 7.35. The molecular weight excluding hydrogens is 176 g/mol. The molecule has 11 heavy (non-hydrogen) atoms. The zero-order valence-corrected chi connectivity index (χ0v) is 7.38. The normalized spacial score (nSPS) is 10.6. The maximum atomic E-state index is 5.72. The lowest BCUT2D eigenvalue weighted by Crippen LogP contribution is -1.70. The van der Waals surface area contributed by atoms with E-state index in [9.17, 15) is 0 Å². The van der Waals surface area contributed by atoms with Crippen molar-refractivity contribution < 1.29 is 0 Å². The van der Waals surface area contributed by atoms with Crippen LogP contribution in [0.4, 0.5) is 0 Å². The zero-order valence-electron chi connectivity index (χ0n) is 5.80. The van der Waals surface area contributed by atoms with Crippen LogP contribution < -0.4 is 0 Å². The topological polar surface area (TPSA) is 0 Å². The highest BCUT2D eigenvalue weighted by Gasteiger charge is 2.00. The van der Waals surface area contributed by atoms with Crippen LogP contribution in [0.1, 0.15) is 5.56 Å². The molecule has 0 aliphatic heterocycles. The van der Waals surface area contributed by atoms with Gasteiger partial charge in [-0.2, -0.15) is 0 Å². The Bertz CT molecular complexity index is 364. The number of fused-ring (bicyclic) bond motifs is 1. The summed E-state index contributed by atoms with van der Waals surface area (Å²) in [5.74, 6) is 0.560. The predicted molar refractivity (Wildman–Crippen MR) is 50.2 cm³/mol. The molecule has 0 atom stereocenters. The van der Waals surface area contributed by atoms with E-state index in [2.05, 4.69) is 17.5 Å². The molecule has 0 saturated heterocycles. The molecule has 0 spiro atoms. The molecule has 0 bridgehead atoms. The minimum absolute atomic E-state index is 0.560. The van der Waals surface area contributed by atoms with Gasteiger partial charge in [0.1, 0.15) is 0 Å². The van der Waals surface area contributed by atoms with E-state index in [4.69, 9.17) is 11.6 Å². The fourth-order valence-corrected chi connectivity index (χ4v) is 2.23. The van der Waals surface area contributed by atoms with E-state index in [-0.39, 0.29) is 0 Å². The van der Waals surface area contributed by atoms with Gasteiger partial charge in [-0.1, -0.05) is 18.2 Å². The second-order valence-electron chi connectivity index (χ2n) is 2.31. The van der Waals surface area contributed by atoms with Crippen LogP contribution in [0.5, 0.6) is 0 Å². The highest BCUT2D eigenvalue weighted by atomic mass is 35.5. The molecule has 0 unspecified atom stereocenters. The average Bonchev–Trinajstić information content (AvgIpc) is 2.47. The minimum atomic E-state index is 0.560. The first-order valence-electron chi connectivity index (χ1n) is 3.36. The molecule has 1 aromatic carbocycles. The van der Waals surface area contributed by atoms with Gasteiger partial charge in [-0.15, -0.1) is 22.9 Å². The van der Waals surface area contributed by atoms with Crippen molar-refractivity contribution >= 4 is 33.0 Å². The summed E-state index contributed by atoms with van der Waals surface area (Å²) in [6.07, 6.45) is 0. The molecule has 2 heteroatoms. The molecule has 0 fully saturated rings. The van der Waals surface area contributed by atoms with Crippen molar-refractivity contribution in [2.24, 2.45) is 0 Å². The molecule has 0 nitrogen and oxygen atoms in total. The van der Waals surface area contributed by atoms with Crippen molar-refractivity contribution in [3.63, 3.8) is 0 Å². The van der Waals surface area contributed by atoms with Crippen LogP contribution in [0.2, 0.25) is 0 Å². The van der Waals surface area contributed by atoms with Crippen molar-refractivity contribution in [1.29, 1.82) is 0 Å². The van der Waals surface area contributed by atoms with Gasteiger partial charge in [0.15, 0.2) is 0 Å². The van der Waals surface area contributed by atoms with E-state index in [0.717, 1.165) is 5.56 Å². The molecule has 0 saturated carbocycles. The third-order valence-electron chi connectivity index (χ3n) is 1.63. The Morgan fingerprint density at radius 2 is 2.18 bits per heavy atom. The van der Waals surface area contributed by atoms with Crippen molar-refractivity contribution in [2.45, 2.75) is 5.88 Å². The van der Waals surface area contributed by atoms with Gasteiger partial charge >= 0.3 is 0 Å². The SMILES string of the molecule is ClCc1[c]sc2ccccc12. The van der Waals surface area contributed by atoms with E-state index in [1.165, 1.54) is 10.1 Å². The van der Waals surface area contributed by atoms with Crippen LogP contribution in [-0.4, -0.2) is 0 Å². The van der Waals surface area contributed by atoms with E-state index in [1.807, 2.05) is 12.1 Å². The Hall–Kier alpha value is -0.530. The number of hydrogen-bond donors (Lipinski definition) is 0. The summed E-state index contributed by atoms with van der Waals surface area (Å²) in [7, 11) is 0. The van der Waals surface area contributed by atoms with Gasteiger partial charge in [0, 0.05) is 10.6 Å². The van der Waals surface area contributed by atoms with Gasteiger partial charge in [-0.25, -0.2) is 0 Å². The molecule has 0 amide bonds. The highest BCUT2D eigenvalue weighted by Crippen LogP contribution is 2.25. The first-order valence-corrected chi connectivity index (χ1v) is 4.71. The summed E-state index contributed by atoms with van der Waals surface area (Å²) in [4.78, 5) is 0. The monoisotopic (exact) mass is 181 g/mol. The number of rotatable bonds is 1. The largest absolute Gasteiger partial charge is 0.134 e. The summed E-state index contributed by atoms with van der Waals surface area (Å²) in [5, 5.41) is 4.42. The lowest BCUT2D eigenvalue weighted by molar-refractivity contribution is 1.49. The summed E-state index contributed by atoms with van der Waals surface area (Å²) < 4.78 is 1.27. The first-order chi connectivity index (χ1) is 5.42. The Morgan fingerprint density at radius 3 is 3.00 bits per heavy atom. The van der Waals surface area contributed by atoms with Crippen LogP contribution in [0.25, 0.3) is 10.1 Å². The van der Waals surface area contributed by atoms with Crippen LogP contribution >= 0.6 is 22.9 Å². The maximum Gasteiger partial charge on any atom is 0.0503 e. The van der Waals surface area contributed by atoms with Crippen molar-refractivity contribution in [3.05, 3.63) is 35.2 Å². The molecule has 1 heterocycles. The number of alkyl halides is 1. The molecule has 2 aromatic rings. The van der Waals surface area contributed by atoms with Gasteiger partial charge in [0.2, 0.25) is 0 Å². The van der Waals surface area contributed by atoms with Gasteiger partial charge < -0.3 is 0 Å². The molecule has 2 rings (SSSR count). The van der Waals surface area contributed by atoms with Crippen LogP contribution in [0, 0.1) is 5.38 Å². The molecular formula is C9H6ClS. The number of benzene rings is 1. The molecule has 0 aliphatic carbocycles. The van der Waals surface area contributed by atoms with Gasteiger partial charge in [-0.05, 0) is 17.0 Å².